The fraction of sp³-hybridized carbons (Fsp3) is 1.00. The zero-order valence-electron chi connectivity index (χ0n) is 16.7. The minimum atomic E-state index is -3.41. The summed E-state index contributed by atoms with van der Waals surface area (Å²) in [5.74, 6) is 0.393. The Morgan fingerprint density at radius 1 is 0.885 bits per heavy atom. The van der Waals surface area contributed by atoms with Crippen LogP contribution in [0, 0.1) is 29.6 Å². The predicted octanol–water partition coefficient (Wildman–Crippen LogP) is 6.95. The van der Waals surface area contributed by atoms with Crippen molar-refractivity contribution in [2.45, 2.75) is 104 Å². The number of rotatable bonds is 7. The number of hydrogen-bond acceptors (Lipinski definition) is 1. The van der Waals surface area contributed by atoms with Crippen LogP contribution in [-0.4, -0.2) is 24.6 Å². The molecular weight excluding hydrogens is 344 g/mol. The summed E-state index contributed by atoms with van der Waals surface area (Å²) in [6.45, 7) is 7.50. The molecule has 2 aliphatic carbocycles. The third kappa shape index (κ3) is 5.59. The quantitative estimate of drug-likeness (QED) is 0.434. The van der Waals surface area contributed by atoms with Crippen molar-refractivity contribution >= 4 is 0 Å². The largest absolute Gasteiger partial charge is 0.358 e. The molecule has 6 unspecified atom stereocenters. The summed E-state index contributed by atoms with van der Waals surface area (Å²) in [5.41, 5.74) is 0. The second-order valence-corrected chi connectivity index (χ2v) is 9.14. The Hall–Kier alpha value is -0.320. The second-order valence-electron chi connectivity index (χ2n) is 9.14. The monoisotopic (exact) mass is 380 g/mol. The molecule has 1 nitrogen and oxygen atoms in total. The second kappa shape index (κ2) is 9.25. The molecule has 26 heavy (non-hydrogen) atoms. The van der Waals surface area contributed by atoms with Crippen molar-refractivity contribution in [3.05, 3.63) is 0 Å². The highest BCUT2D eigenvalue weighted by Crippen LogP contribution is 2.40. The molecule has 0 radical (unpaired) electrons. The minimum absolute atomic E-state index is 0.154. The first-order valence-electron chi connectivity index (χ1n) is 10.5. The average Bonchev–Trinajstić information content (AvgIpc) is 2.60. The van der Waals surface area contributed by atoms with Crippen LogP contribution in [0.3, 0.4) is 0 Å². The van der Waals surface area contributed by atoms with Gasteiger partial charge in [0.2, 0.25) is 0 Å². The molecule has 6 atom stereocenters. The van der Waals surface area contributed by atoms with Gasteiger partial charge in [-0.05, 0) is 62.2 Å². The molecule has 0 spiro atoms. The van der Waals surface area contributed by atoms with Gasteiger partial charge >= 0.3 is 6.11 Å². The molecule has 5 heteroatoms. The van der Waals surface area contributed by atoms with Crippen LogP contribution >= 0.6 is 0 Å². The molecule has 0 bridgehead atoms. The lowest BCUT2D eigenvalue weighted by molar-refractivity contribution is -0.306. The van der Waals surface area contributed by atoms with E-state index in [2.05, 4.69) is 13.8 Å². The Morgan fingerprint density at radius 2 is 1.50 bits per heavy atom. The molecule has 0 aromatic heterocycles. The molecule has 2 saturated carbocycles. The van der Waals surface area contributed by atoms with Crippen LogP contribution in [-0.2, 0) is 4.74 Å². The van der Waals surface area contributed by atoms with Crippen LogP contribution in [0.4, 0.5) is 17.6 Å². The molecule has 2 aliphatic rings. The van der Waals surface area contributed by atoms with E-state index in [-0.39, 0.29) is 6.42 Å². The first-order chi connectivity index (χ1) is 12.1. The Balaban J connectivity index is 1.80. The highest BCUT2D eigenvalue weighted by Gasteiger charge is 2.46. The minimum Gasteiger partial charge on any atom is -0.314 e. The van der Waals surface area contributed by atoms with Gasteiger partial charge < -0.3 is 4.74 Å². The summed E-state index contributed by atoms with van der Waals surface area (Å²) in [5, 5.41) is 0. The molecular formula is C21H36F4O. The van der Waals surface area contributed by atoms with E-state index < -0.39 is 36.4 Å². The highest BCUT2D eigenvalue weighted by atomic mass is 19.3. The zero-order valence-corrected chi connectivity index (χ0v) is 16.7. The molecule has 154 valence electrons. The van der Waals surface area contributed by atoms with Gasteiger partial charge in [-0.15, -0.1) is 0 Å². The number of alkyl halides is 4. The summed E-state index contributed by atoms with van der Waals surface area (Å²) in [6, 6.07) is 0. The SMILES string of the molecule is CC1CCC(C(C)CCC(C)C(F)(F)OC2CCC(C)C(F)C2F)CC1. The Bertz CT molecular complexity index is 422. The van der Waals surface area contributed by atoms with E-state index in [1.807, 2.05) is 0 Å². The molecule has 0 saturated heterocycles. The van der Waals surface area contributed by atoms with E-state index in [9.17, 15) is 17.6 Å². The Morgan fingerprint density at radius 3 is 2.12 bits per heavy atom. The van der Waals surface area contributed by atoms with Gasteiger partial charge in [-0.2, -0.15) is 8.78 Å². The van der Waals surface area contributed by atoms with E-state index in [0.29, 0.717) is 24.7 Å². The van der Waals surface area contributed by atoms with Gasteiger partial charge in [-0.3, -0.25) is 0 Å². The highest BCUT2D eigenvalue weighted by molar-refractivity contribution is 4.88. The lowest BCUT2D eigenvalue weighted by Crippen LogP contribution is -2.46. The Kier molecular flexibility index (Phi) is 7.82. The van der Waals surface area contributed by atoms with Crippen molar-refractivity contribution < 1.29 is 22.3 Å². The van der Waals surface area contributed by atoms with Crippen LogP contribution in [0.2, 0.25) is 0 Å². The van der Waals surface area contributed by atoms with E-state index in [0.717, 1.165) is 12.3 Å². The number of ether oxygens (including phenoxy) is 1. The third-order valence-corrected chi connectivity index (χ3v) is 6.91. The van der Waals surface area contributed by atoms with Gasteiger partial charge in [0.1, 0.15) is 6.17 Å². The summed E-state index contributed by atoms with van der Waals surface area (Å²) < 4.78 is 61.5. The van der Waals surface area contributed by atoms with E-state index in [4.69, 9.17) is 4.74 Å². The van der Waals surface area contributed by atoms with Gasteiger partial charge in [0.25, 0.3) is 0 Å². The lowest BCUT2D eigenvalue weighted by atomic mass is 9.75. The van der Waals surface area contributed by atoms with Gasteiger partial charge in [-0.25, -0.2) is 8.78 Å². The summed E-state index contributed by atoms with van der Waals surface area (Å²) in [4.78, 5) is 0. The maximum atomic E-state index is 14.4. The lowest BCUT2D eigenvalue weighted by Gasteiger charge is -2.36. The van der Waals surface area contributed by atoms with Crippen LogP contribution in [0.5, 0.6) is 0 Å². The smallest absolute Gasteiger partial charge is 0.314 e. The van der Waals surface area contributed by atoms with Gasteiger partial charge in [0.15, 0.2) is 6.17 Å². The number of hydrogen-bond donors (Lipinski definition) is 0. The maximum Gasteiger partial charge on any atom is 0.358 e. The van der Waals surface area contributed by atoms with Crippen LogP contribution in [0.25, 0.3) is 0 Å². The Labute approximate surface area is 156 Å². The van der Waals surface area contributed by atoms with Gasteiger partial charge in [0.05, 0.1) is 6.10 Å². The predicted molar refractivity (Wildman–Crippen MR) is 96.7 cm³/mol. The third-order valence-electron chi connectivity index (χ3n) is 6.91. The van der Waals surface area contributed by atoms with Gasteiger partial charge in [-0.1, -0.05) is 40.5 Å². The molecule has 0 heterocycles. The first kappa shape index (κ1) is 22.0. The number of halogens is 4. The molecule has 0 aromatic carbocycles. The molecule has 0 amide bonds. The van der Waals surface area contributed by atoms with Crippen LogP contribution < -0.4 is 0 Å². The van der Waals surface area contributed by atoms with Crippen molar-refractivity contribution in [1.29, 1.82) is 0 Å². The van der Waals surface area contributed by atoms with Crippen molar-refractivity contribution in [2.24, 2.45) is 29.6 Å². The first-order valence-corrected chi connectivity index (χ1v) is 10.5. The maximum absolute atomic E-state index is 14.4. The summed E-state index contributed by atoms with van der Waals surface area (Å²) >= 11 is 0. The normalized spacial score (nSPS) is 38.8. The fourth-order valence-electron chi connectivity index (χ4n) is 4.48. The van der Waals surface area contributed by atoms with Gasteiger partial charge in [0, 0.05) is 5.92 Å². The molecule has 0 N–H and O–H groups in total. The molecule has 2 rings (SSSR count). The topological polar surface area (TPSA) is 9.23 Å². The van der Waals surface area contributed by atoms with Crippen LogP contribution in [0.15, 0.2) is 0 Å². The van der Waals surface area contributed by atoms with E-state index in [1.165, 1.54) is 32.6 Å². The van der Waals surface area contributed by atoms with Crippen molar-refractivity contribution in [1.82, 2.24) is 0 Å². The molecule has 0 aliphatic heterocycles. The van der Waals surface area contributed by atoms with Crippen molar-refractivity contribution in [2.75, 3.05) is 0 Å². The molecule has 0 aromatic rings. The summed E-state index contributed by atoms with van der Waals surface area (Å²) in [7, 11) is 0. The summed E-state index contributed by atoms with van der Waals surface area (Å²) in [6.07, 6.45) is -1.98. The molecule has 2 fully saturated rings. The average molecular weight is 381 g/mol. The fourth-order valence-corrected chi connectivity index (χ4v) is 4.48. The standard InChI is InChI=1S/C21H36F4O/c1-13-5-10-17(11-6-13)14(2)7-9-16(4)21(24,25)26-18-12-8-15(3)19(22)20(18)23/h13-20H,5-12H2,1-4H3. The van der Waals surface area contributed by atoms with Crippen LogP contribution in [0.1, 0.15) is 79.1 Å². The van der Waals surface area contributed by atoms with E-state index in [1.54, 1.807) is 6.92 Å². The van der Waals surface area contributed by atoms with Crippen molar-refractivity contribution in [3.8, 4) is 0 Å². The van der Waals surface area contributed by atoms with Crippen molar-refractivity contribution in [3.63, 3.8) is 0 Å². The van der Waals surface area contributed by atoms with E-state index >= 15 is 0 Å². The zero-order chi connectivity index (χ0) is 19.5.